The summed E-state index contributed by atoms with van der Waals surface area (Å²) >= 11 is 1.79. The topological polar surface area (TPSA) is 57.6 Å². The number of rotatable bonds is 2. The summed E-state index contributed by atoms with van der Waals surface area (Å²) < 4.78 is 13.9. The highest BCUT2D eigenvalue weighted by atomic mass is 32.2. The van der Waals surface area contributed by atoms with Crippen LogP contribution in [0.15, 0.2) is 18.2 Å². The molecule has 1 N–H and O–H groups in total. The Balaban J connectivity index is 2.27. The Morgan fingerprint density at radius 1 is 1.40 bits per heavy atom. The van der Waals surface area contributed by atoms with Crippen molar-refractivity contribution >= 4 is 23.6 Å². The molecule has 1 heterocycles. The van der Waals surface area contributed by atoms with Crippen molar-refractivity contribution in [2.24, 2.45) is 0 Å². The lowest BCUT2D eigenvalue weighted by Gasteiger charge is -2.37. The molecule has 1 aliphatic heterocycles. The zero-order valence-corrected chi connectivity index (χ0v) is 12.1. The Morgan fingerprint density at radius 3 is 2.70 bits per heavy atom. The van der Waals surface area contributed by atoms with Gasteiger partial charge in [0.05, 0.1) is 11.1 Å². The number of nitrogens with zero attached hydrogens (tertiary/aromatic N) is 1. The number of carboxylic acids is 1. The maximum Gasteiger partial charge on any atom is 0.335 e. The van der Waals surface area contributed by atoms with E-state index in [1.165, 1.54) is 12.1 Å². The van der Waals surface area contributed by atoms with Crippen LogP contribution in [-0.2, 0) is 0 Å². The Labute approximate surface area is 121 Å². The number of carbonyl (C=O) groups is 2. The Morgan fingerprint density at radius 2 is 2.10 bits per heavy atom. The fourth-order valence-corrected chi connectivity index (χ4v) is 3.30. The SMILES string of the molecule is CC1SCCN(C(=O)c2ccc(C(=O)O)cc2F)C1C. The average Bonchev–Trinajstić information content (AvgIpc) is 2.41. The van der Waals surface area contributed by atoms with Crippen LogP contribution in [0.5, 0.6) is 0 Å². The van der Waals surface area contributed by atoms with Crippen molar-refractivity contribution < 1.29 is 19.1 Å². The summed E-state index contributed by atoms with van der Waals surface area (Å²) in [6.45, 7) is 4.56. The van der Waals surface area contributed by atoms with E-state index in [1.54, 1.807) is 16.7 Å². The summed E-state index contributed by atoms with van der Waals surface area (Å²) in [5.74, 6) is -1.54. The van der Waals surface area contributed by atoms with Crippen LogP contribution >= 0.6 is 11.8 Å². The predicted molar refractivity (Wildman–Crippen MR) is 75.8 cm³/mol. The molecule has 1 aromatic rings. The van der Waals surface area contributed by atoms with E-state index < -0.39 is 11.8 Å². The molecule has 1 amide bonds. The Bertz CT molecular complexity index is 549. The number of hydrogen-bond donors (Lipinski definition) is 1. The van der Waals surface area contributed by atoms with E-state index in [2.05, 4.69) is 0 Å². The molecular formula is C14H16FNO3S. The second-order valence-electron chi connectivity index (χ2n) is 4.81. The molecule has 4 nitrogen and oxygen atoms in total. The van der Waals surface area contributed by atoms with Crippen LogP contribution in [0.3, 0.4) is 0 Å². The standard InChI is InChI=1S/C14H16FNO3S/c1-8-9(2)20-6-5-16(8)13(17)11-4-3-10(14(18)19)7-12(11)15/h3-4,7-9H,5-6H2,1-2H3,(H,18,19). The van der Waals surface area contributed by atoms with Gasteiger partial charge in [-0.2, -0.15) is 11.8 Å². The second-order valence-corrected chi connectivity index (χ2v) is 6.30. The monoisotopic (exact) mass is 297 g/mol. The molecule has 2 unspecified atom stereocenters. The molecule has 1 saturated heterocycles. The molecule has 2 rings (SSSR count). The zero-order valence-electron chi connectivity index (χ0n) is 11.3. The first-order valence-electron chi connectivity index (χ1n) is 6.37. The van der Waals surface area contributed by atoms with Crippen molar-refractivity contribution in [3.8, 4) is 0 Å². The maximum atomic E-state index is 13.9. The number of amides is 1. The Hall–Kier alpha value is -1.56. The molecule has 1 aromatic carbocycles. The lowest BCUT2D eigenvalue weighted by atomic mass is 10.1. The van der Waals surface area contributed by atoms with Crippen LogP contribution in [0, 0.1) is 5.82 Å². The minimum atomic E-state index is -1.21. The molecule has 20 heavy (non-hydrogen) atoms. The largest absolute Gasteiger partial charge is 0.478 e. The zero-order chi connectivity index (χ0) is 14.9. The summed E-state index contributed by atoms with van der Waals surface area (Å²) in [6.07, 6.45) is 0. The fourth-order valence-electron chi connectivity index (χ4n) is 2.20. The van der Waals surface area contributed by atoms with E-state index in [9.17, 15) is 14.0 Å². The number of halogens is 1. The molecule has 0 bridgehead atoms. The van der Waals surface area contributed by atoms with Crippen LogP contribution in [0.2, 0.25) is 0 Å². The van der Waals surface area contributed by atoms with Crippen LogP contribution in [-0.4, -0.2) is 45.5 Å². The number of benzene rings is 1. The van der Waals surface area contributed by atoms with E-state index >= 15 is 0 Å². The molecule has 0 aromatic heterocycles. The first kappa shape index (κ1) is 14.8. The first-order valence-corrected chi connectivity index (χ1v) is 7.42. The molecule has 0 saturated carbocycles. The molecule has 2 atom stereocenters. The normalized spacial score (nSPS) is 22.6. The fraction of sp³-hybridized carbons (Fsp3) is 0.429. The van der Waals surface area contributed by atoms with Gasteiger partial charge in [-0.15, -0.1) is 0 Å². The molecular weight excluding hydrogens is 281 g/mol. The molecule has 0 radical (unpaired) electrons. The average molecular weight is 297 g/mol. The molecule has 108 valence electrons. The van der Waals surface area contributed by atoms with Crippen LogP contribution in [0.25, 0.3) is 0 Å². The van der Waals surface area contributed by atoms with Gasteiger partial charge in [0.25, 0.3) is 5.91 Å². The first-order chi connectivity index (χ1) is 9.41. The van der Waals surface area contributed by atoms with Crippen molar-refractivity contribution in [2.45, 2.75) is 25.1 Å². The lowest BCUT2D eigenvalue weighted by molar-refractivity contribution is 0.0679. The van der Waals surface area contributed by atoms with Crippen molar-refractivity contribution in [2.75, 3.05) is 12.3 Å². The molecule has 6 heteroatoms. The van der Waals surface area contributed by atoms with E-state index in [1.807, 2.05) is 13.8 Å². The molecule has 1 fully saturated rings. The van der Waals surface area contributed by atoms with Gasteiger partial charge in [-0.1, -0.05) is 6.92 Å². The van der Waals surface area contributed by atoms with E-state index in [0.717, 1.165) is 11.8 Å². The number of carbonyl (C=O) groups excluding carboxylic acids is 1. The highest BCUT2D eigenvalue weighted by molar-refractivity contribution is 8.00. The Kier molecular flexibility index (Phi) is 4.32. The summed E-state index contributed by atoms with van der Waals surface area (Å²) in [7, 11) is 0. The lowest BCUT2D eigenvalue weighted by Crippen LogP contribution is -2.48. The van der Waals surface area contributed by atoms with Gasteiger partial charge in [0.15, 0.2) is 0 Å². The van der Waals surface area contributed by atoms with Gasteiger partial charge in [0, 0.05) is 23.6 Å². The van der Waals surface area contributed by atoms with Crippen LogP contribution in [0.1, 0.15) is 34.6 Å². The van der Waals surface area contributed by atoms with Crippen molar-refractivity contribution in [3.05, 3.63) is 35.1 Å². The van der Waals surface area contributed by atoms with Crippen molar-refractivity contribution in [1.82, 2.24) is 4.90 Å². The second kappa shape index (κ2) is 5.83. The van der Waals surface area contributed by atoms with E-state index in [0.29, 0.717) is 11.8 Å². The number of thioether (sulfide) groups is 1. The third kappa shape index (κ3) is 2.80. The summed E-state index contributed by atoms with van der Waals surface area (Å²) in [5.41, 5.74) is -0.226. The minimum absolute atomic E-state index is 0.0276. The summed E-state index contributed by atoms with van der Waals surface area (Å²) in [6, 6.07) is 3.42. The van der Waals surface area contributed by atoms with Gasteiger partial charge >= 0.3 is 5.97 Å². The van der Waals surface area contributed by atoms with Gasteiger partial charge in [-0.05, 0) is 25.1 Å². The van der Waals surface area contributed by atoms with Crippen LogP contribution in [0.4, 0.5) is 4.39 Å². The summed E-state index contributed by atoms with van der Waals surface area (Å²) in [5, 5.41) is 9.10. The van der Waals surface area contributed by atoms with E-state index in [4.69, 9.17) is 5.11 Å². The van der Waals surface area contributed by atoms with Crippen molar-refractivity contribution in [1.29, 1.82) is 0 Å². The van der Waals surface area contributed by atoms with Gasteiger partial charge in [-0.25, -0.2) is 9.18 Å². The smallest absolute Gasteiger partial charge is 0.335 e. The highest BCUT2D eigenvalue weighted by Gasteiger charge is 2.30. The molecule has 1 aliphatic rings. The van der Waals surface area contributed by atoms with Crippen molar-refractivity contribution in [3.63, 3.8) is 0 Å². The number of aromatic carboxylic acids is 1. The van der Waals surface area contributed by atoms with Gasteiger partial charge in [0.2, 0.25) is 0 Å². The van der Waals surface area contributed by atoms with E-state index in [-0.39, 0.29) is 23.1 Å². The molecule has 0 aliphatic carbocycles. The number of hydrogen-bond acceptors (Lipinski definition) is 3. The van der Waals surface area contributed by atoms with Gasteiger partial charge < -0.3 is 10.0 Å². The molecule has 0 spiro atoms. The van der Waals surface area contributed by atoms with Crippen LogP contribution < -0.4 is 0 Å². The predicted octanol–water partition coefficient (Wildman–Crippen LogP) is 2.49. The number of carboxylic acid groups (broad SMARTS) is 1. The third-order valence-electron chi connectivity index (χ3n) is 3.59. The van der Waals surface area contributed by atoms with Gasteiger partial charge in [-0.3, -0.25) is 4.79 Å². The quantitative estimate of drug-likeness (QED) is 0.911. The summed E-state index contributed by atoms with van der Waals surface area (Å²) in [4.78, 5) is 24.8. The van der Waals surface area contributed by atoms with Gasteiger partial charge in [0.1, 0.15) is 5.82 Å². The minimum Gasteiger partial charge on any atom is -0.478 e. The highest BCUT2D eigenvalue weighted by Crippen LogP contribution is 2.26. The maximum absolute atomic E-state index is 13.9. The third-order valence-corrected chi connectivity index (χ3v) is 4.93.